The van der Waals surface area contributed by atoms with Crippen molar-refractivity contribution in [3.05, 3.63) is 24.5 Å². The molecular weight excluding hydrogens is 484 g/mol. The quantitative estimate of drug-likeness (QED) is 0.461. The maximum atomic E-state index is 12.5. The Labute approximate surface area is 222 Å². The van der Waals surface area contributed by atoms with Crippen molar-refractivity contribution in [2.75, 3.05) is 51.9 Å². The zero-order valence-corrected chi connectivity index (χ0v) is 22.3. The van der Waals surface area contributed by atoms with Gasteiger partial charge in [-0.1, -0.05) is 6.07 Å². The number of hydrogen-bond acceptors (Lipinski definition) is 9. The molecule has 0 radical (unpaired) electrons. The van der Waals surface area contributed by atoms with Crippen molar-refractivity contribution in [2.45, 2.75) is 50.3 Å². The number of carbonyl (C=O) groups excluding carboxylic acids is 1. The van der Waals surface area contributed by atoms with Crippen molar-refractivity contribution in [1.82, 2.24) is 29.5 Å². The van der Waals surface area contributed by atoms with E-state index in [0.29, 0.717) is 46.6 Å². The van der Waals surface area contributed by atoms with E-state index in [2.05, 4.69) is 39.2 Å². The van der Waals surface area contributed by atoms with Gasteiger partial charge < -0.3 is 25.0 Å². The number of nitrogens with zero attached hydrogens (tertiary/aromatic N) is 6. The van der Waals surface area contributed by atoms with Crippen LogP contribution in [-0.2, 0) is 11.3 Å². The van der Waals surface area contributed by atoms with E-state index in [1.165, 1.54) is 19.2 Å². The summed E-state index contributed by atoms with van der Waals surface area (Å²) in [7, 11) is 5.88. The Morgan fingerprint density at radius 2 is 1.95 bits per heavy atom. The number of likely N-dealkylation sites (tertiary alicyclic amines) is 1. The number of carbonyl (C=O) groups is 1. The summed E-state index contributed by atoms with van der Waals surface area (Å²) in [5, 5.41) is 8.47. The minimum Gasteiger partial charge on any atom is -0.495 e. The third kappa shape index (κ3) is 4.54. The molecule has 11 heteroatoms. The molecule has 2 bridgehead atoms. The largest absolute Gasteiger partial charge is 0.495 e. The predicted octanol–water partition coefficient (Wildman–Crippen LogP) is 3.21. The zero-order chi connectivity index (χ0) is 26.4. The van der Waals surface area contributed by atoms with Crippen LogP contribution in [0.3, 0.4) is 0 Å². The Hall–Kier alpha value is -3.44. The van der Waals surface area contributed by atoms with E-state index < -0.39 is 6.09 Å². The molecule has 7 rings (SSSR count). The molecule has 3 saturated carbocycles. The first-order chi connectivity index (χ1) is 18.3. The highest BCUT2D eigenvalue weighted by molar-refractivity contribution is 5.99. The minimum atomic E-state index is -0.448. The first-order valence-corrected chi connectivity index (χ1v) is 13.4. The van der Waals surface area contributed by atoms with Crippen molar-refractivity contribution in [2.24, 2.45) is 5.92 Å². The summed E-state index contributed by atoms with van der Waals surface area (Å²) in [4.78, 5) is 26.0. The van der Waals surface area contributed by atoms with Crippen molar-refractivity contribution < 1.29 is 14.3 Å². The van der Waals surface area contributed by atoms with E-state index in [0.717, 1.165) is 50.4 Å². The Morgan fingerprint density at radius 3 is 2.61 bits per heavy atom. The van der Waals surface area contributed by atoms with Crippen LogP contribution in [0.15, 0.2) is 24.5 Å². The lowest BCUT2D eigenvalue weighted by Crippen LogP contribution is -2.60. The van der Waals surface area contributed by atoms with E-state index in [1.54, 1.807) is 13.2 Å². The van der Waals surface area contributed by atoms with Gasteiger partial charge in [0.05, 0.1) is 24.7 Å². The van der Waals surface area contributed by atoms with Crippen LogP contribution in [0.2, 0.25) is 0 Å². The number of anilines is 2. The van der Waals surface area contributed by atoms with Gasteiger partial charge in [-0.2, -0.15) is 5.10 Å². The number of nitrogen functional groups attached to an aromatic ring is 1. The van der Waals surface area contributed by atoms with Gasteiger partial charge in [-0.15, -0.1) is 0 Å². The average molecular weight is 521 g/mol. The van der Waals surface area contributed by atoms with Gasteiger partial charge in [0.15, 0.2) is 5.65 Å². The van der Waals surface area contributed by atoms with E-state index in [9.17, 15) is 4.79 Å². The monoisotopic (exact) mass is 520 g/mol. The Morgan fingerprint density at radius 1 is 1.18 bits per heavy atom. The summed E-state index contributed by atoms with van der Waals surface area (Å²) in [6, 6.07) is 6.19. The van der Waals surface area contributed by atoms with E-state index in [-0.39, 0.29) is 5.60 Å². The van der Waals surface area contributed by atoms with Crippen molar-refractivity contribution in [3.8, 4) is 17.0 Å². The van der Waals surface area contributed by atoms with Crippen LogP contribution in [-0.4, -0.2) is 88.1 Å². The Bertz CT molecular complexity index is 1330. The summed E-state index contributed by atoms with van der Waals surface area (Å²) in [6.07, 6.45) is 6.30. The van der Waals surface area contributed by atoms with Crippen molar-refractivity contribution in [1.29, 1.82) is 0 Å². The van der Waals surface area contributed by atoms with Gasteiger partial charge in [-0.05, 0) is 77.3 Å². The fraction of sp³-hybridized carbons (Fsp3) is 0.556. The molecule has 202 valence electrons. The number of hydrogen-bond donors (Lipinski definition) is 2. The van der Waals surface area contributed by atoms with Gasteiger partial charge >= 0.3 is 6.09 Å². The van der Waals surface area contributed by atoms with Crippen LogP contribution in [0.1, 0.15) is 32.1 Å². The summed E-state index contributed by atoms with van der Waals surface area (Å²) >= 11 is 0. The van der Waals surface area contributed by atoms with Gasteiger partial charge in [-0.3, -0.25) is 5.32 Å². The number of ether oxygens (including phenoxy) is 2. The van der Waals surface area contributed by atoms with Gasteiger partial charge in [0.2, 0.25) is 0 Å². The highest BCUT2D eigenvalue weighted by atomic mass is 16.6. The van der Waals surface area contributed by atoms with Crippen LogP contribution in [0, 0.1) is 5.92 Å². The van der Waals surface area contributed by atoms with Crippen LogP contribution >= 0.6 is 0 Å². The SMILES string of the molecule is COc1cc(-c2nn(CCN3CCC(N(C)C)CC3)c3ncnc(N)c23)ccc1NC(=O)OC12CC(C1)C2. The summed E-state index contributed by atoms with van der Waals surface area (Å²) in [6.45, 7) is 3.73. The normalized spacial score (nSPS) is 23.2. The number of aromatic nitrogens is 4. The number of amides is 1. The van der Waals surface area contributed by atoms with Gasteiger partial charge in [-0.25, -0.2) is 19.4 Å². The second-order valence-electron chi connectivity index (χ2n) is 11.2. The fourth-order valence-electron chi connectivity index (χ4n) is 6.08. The molecule has 4 aliphatic rings. The highest BCUT2D eigenvalue weighted by Gasteiger charge is 2.60. The van der Waals surface area contributed by atoms with E-state index in [1.807, 2.05) is 16.8 Å². The third-order valence-corrected chi connectivity index (χ3v) is 8.48. The highest BCUT2D eigenvalue weighted by Crippen LogP contribution is 2.59. The molecule has 1 saturated heterocycles. The number of piperidine rings is 1. The topological polar surface area (TPSA) is 124 Å². The minimum absolute atomic E-state index is 0.243. The molecular formula is C27H36N8O3. The van der Waals surface area contributed by atoms with Crippen molar-refractivity contribution >= 4 is 28.6 Å². The predicted molar refractivity (Wildman–Crippen MR) is 145 cm³/mol. The maximum Gasteiger partial charge on any atom is 0.412 e. The summed E-state index contributed by atoms with van der Waals surface area (Å²) < 4.78 is 13.2. The van der Waals surface area contributed by atoms with Crippen LogP contribution in [0.5, 0.6) is 5.75 Å². The first-order valence-electron chi connectivity index (χ1n) is 13.4. The molecule has 11 nitrogen and oxygen atoms in total. The van der Waals surface area contributed by atoms with Gasteiger partial charge in [0.25, 0.3) is 0 Å². The molecule has 1 aliphatic heterocycles. The van der Waals surface area contributed by atoms with Gasteiger partial charge in [0.1, 0.15) is 29.2 Å². The standard InChI is InChI=1S/C27H36N8O3/c1-33(2)19-6-8-34(9-7-19)10-11-35-25-22(24(28)29-16-30-25)23(32-35)18-4-5-20(21(12-18)37-3)31-26(36)38-27-13-17(14-27)15-27/h4-5,12,16-17,19H,6-11,13-15H2,1-3H3,(H,31,36)(H2,28,29,30). The maximum absolute atomic E-state index is 12.5. The number of nitrogens with two attached hydrogens (primary N) is 1. The molecule has 3 heterocycles. The summed E-state index contributed by atoms with van der Waals surface area (Å²) in [5.41, 5.74) is 8.81. The number of methoxy groups -OCH3 is 1. The lowest BCUT2D eigenvalue weighted by Gasteiger charge is -2.59. The molecule has 0 unspecified atom stereocenters. The molecule has 1 amide bonds. The lowest BCUT2D eigenvalue weighted by molar-refractivity contribution is -0.186. The summed E-state index contributed by atoms with van der Waals surface area (Å²) in [5.74, 6) is 1.63. The second-order valence-corrected chi connectivity index (χ2v) is 11.2. The average Bonchev–Trinajstić information content (AvgIpc) is 3.24. The van der Waals surface area contributed by atoms with Crippen LogP contribution in [0.4, 0.5) is 16.3 Å². The number of rotatable bonds is 8. The molecule has 0 atom stereocenters. The molecule has 3 N–H and O–H groups in total. The van der Waals surface area contributed by atoms with Crippen LogP contribution < -0.4 is 15.8 Å². The lowest BCUT2D eigenvalue weighted by atomic mass is 9.52. The van der Waals surface area contributed by atoms with Gasteiger partial charge in [0, 0.05) is 18.2 Å². The Kier molecular flexibility index (Phi) is 6.35. The third-order valence-electron chi connectivity index (χ3n) is 8.48. The fourth-order valence-corrected chi connectivity index (χ4v) is 6.08. The number of benzene rings is 1. The molecule has 4 fully saturated rings. The molecule has 1 aromatic carbocycles. The van der Waals surface area contributed by atoms with Crippen molar-refractivity contribution in [3.63, 3.8) is 0 Å². The Balaban J connectivity index is 1.21. The smallest absolute Gasteiger partial charge is 0.412 e. The number of fused-ring (bicyclic) bond motifs is 1. The molecule has 3 aromatic rings. The molecule has 38 heavy (non-hydrogen) atoms. The molecule has 0 spiro atoms. The zero-order valence-electron chi connectivity index (χ0n) is 22.3. The second kappa shape index (κ2) is 9.70. The number of nitrogens with one attached hydrogen (secondary N) is 1. The first kappa shape index (κ1) is 24.9. The molecule has 3 aliphatic carbocycles. The molecule has 2 aromatic heterocycles. The van der Waals surface area contributed by atoms with Crippen LogP contribution in [0.25, 0.3) is 22.3 Å². The van der Waals surface area contributed by atoms with E-state index in [4.69, 9.17) is 20.3 Å². The van der Waals surface area contributed by atoms with E-state index >= 15 is 0 Å².